The molecular formula is C29H31F6N7O2. The predicted molar refractivity (Wildman–Crippen MR) is 152 cm³/mol. The molecule has 2 aromatic heterocycles. The van der Waals surface area contributed by atoms with E-state index in [1.54, 1.807) is 23.0 Å². The molecule has 0 aliphatic carbocycles. The van der Waals surface area contributed by atoms with Crippen molar-refractivity contribution in [3.05, 3.63) is 47.2 Å². The van der Waals surface area contributed by atoms with Gasteiger partial charge < -0.3 is 20.3 Å². The number of fused-ring (bicyclic) bond motifs is 1. The van der Waals surface area contributed by atoms with Crippen LogP contribution in [0.3, 0.4) is 0 Å². The Morgan fingerprint density at radius 2 is 1.89 bits per heavy atom. The number of aldehydes is 1. The average Bonchev–Trinajstić information content (AvgIpc) is 3.26. The molecule has 0 radical (unpaired) electrons. The number of rotatable bonds is 7. The van der Waals surface area contributed by atoms with Crippen LogP contribution >= 0.6 is 0 Å². The molecule has 3 aromatic rings. The Balaban J connectivity index is 1.66. The normalized spacial score (nSPS) is 21.5. The van der Waals surface area contributed by atoms with Gasteiger partial charge in [0.25, 0.3) is 0 Å². The van der Waals surface area contributed by atoms with Gasteiger partial charge >= 0.3 is 12.2 Å². The zero-order valence-corrected chi connectivity index (χ0v) is 24.2. The van der Waals surface area contributed by atoms with Gasteiger partial charge in [-0.2, -0.15) is 23.1 Å². The zero-order chi connectivity index (χ0) is 31.9. The molecule has 4 heterocycles. The van der Waals surface area contributed by atoms with Crippen molar-refractivity contribution in [2.75, 3.05) is 50.5 Å². The van der Waals surface area contributed by atoms with E-state index in [9.17, 15) is 22.4 Å². The molecular weight excluding hydrogens is 592 g/mol. The number of alkyl halides is 4. The fourth-order valence-corrected chi connectivity index (χ4v) is 5.87. The predicted octanol–water partition coefficient (Wildman–Crippen LogP) is 4.52. The summed E-state index contributed by atoms with van der Waals surface area (Å²) in [6.07, 6.45) is -2.21. The number of hydrogen-bond acceptors (Lipinski definition) is 9. The number of aryl methyl sites for hydroxylation is 1. The fraction of sp³-hybridized carbons (Fsp3) is 0.448. The van der Waals surface area contributed by atoms with Gasteiger partial charge in [-0.15, -0.1) is 0 Å². The summed E-state index contributed by atoms with van der Waals surface area (Å²) in [7, 11) is 1.73. The van der Waals surface area contributed by atoms with E-state index >= 15 is 8.78 Å². The number of piperazine rings is 1. The van der Waals surface area contributed by atoms with E-state index in [1.807, 2.05) is 11.8 Å². The number of hydrogen-bond donors (Lipinski definition) is 1. The number of ether oxygens (including phenoxy) is 1. The third-order valence-electron chi connectivity index (χ3n) is 7.95. The van der Waals surface area contributed by atoms with E-state index in [0.717, 1.165) is 19.1 Å². The monoisotopic (exact) mass is 623 g/mol. The summed E-state index contributed by atoms with van der Waals surface area (Å²) in [5.41, 5.74) is 1.52. The standard InChI is InChI=1S/C29H31F6N7O2/c1-15-9-21(36)37-26(23(15)29(33,34)35)22-20(31)11-19-25(24(22)32)38-28(44-14-18-10-17(30)13-40(18)3)39-27(19)42-7-6-41(5-4-8-43)12-16(42)2/h4-5,8-9,11,16-18H,6-7,10,12-14H2,1-3H3,(H2,36,37)/t16-,17+,18-/m0/s1. The minimum atomic E-state index is -4.99. The molecule has 2 N–H and O–H groups in total. The summed E-state index contributed by atoms with van der Waals surface area (Å²) in [6, 6.07) is 0.963. The van der Waals surface area contributed by atoms with Gasteiger partial charge in [0.05, 0.1) is 16.8 Å². The van der Waals surface area contributed by atoms with Gasteiger partial charge in [-0.05, 0) is 51.1 Å². The highest BCUT2D eigenvalue weighted by Gasteiger charge is 2.39. The van der Waals surface area contributed by atoms with Gasteiger partial charge in [0.1, 0.15) is 42.0 Å². The Morgan fingerprint density at radius 1 is 1.14 bits per heavy atom. The van der Waals surface area contributed by atoms with E-state index in [0.29, 0.717) is 25.9 Å². The Morgan fingerprint density at radius 3 is 2.52 bits per heavy atom. The summed E-state index contributed by atoms with van der Waals surface area (Å²) < 4.78 is 94.2. The number of nitrogens with two attached hydrogens (primary N) is 1. The van der Waals surface area contributed by atoms with Gasteiger partial charge in [0.2, 0.25) is 0 Å². The van der Waals surface area contributed by atoms with Crippen molar-refractivity contribution in [1.82, 2.24) is 24.8 Å². The summed E-state index contributed by atoms with van der Waals surface area (Å²) in [5, 5.41) is -0.0872. The van der Waals surface area contributed by atoms with Crippen molar-refractivity contribution in [3.63, 3.8) is 0 Å². The zero-order valence-electron chi connectivity index (χ0n) is 24.2. The Labute approximate surface area is 249 Å². The Bertz CT molecular complexity index is 1600. The Kier molecular flexibility index (Phi) is 8.60. The molecule has 2 fully saturated rings. The summed E-state index contributed by atoms with van der Waals surface area (Å²) in [4.78, 5) is 28.6. The molecule has 2 aliphatic rings. The molecule has 0 saturated carbocycles. The molecule has 236 valence electrons. The number of benzene rings is 1. The second-order valence-electron chi connectivity index (χ2n) is 11.1. The van der Waals surface area contributed by atoms with E-state index in [-0.39, 0.29) is 60.3 Å². The third-order valence-corrected chi connectivity index (χ3v) is 7.95. The first-order valence-corrected chi connectivity index (χ1v) is 13.9. The lowest BCUT2D eigenvalue weighted by atomic mass is 9.98. The molecule has 5 rings (SSSR count). The Hall–Kier alpha value is -4.14. The summed E-state index contributed by atoms with van der Waals surface area (Å²) in [5.74, 6) is -2.94. The summed E-state index contributed by atoms with van der Waals surface area (Å²) >= 11 is 0. The van der Waals surface area contributed by atoms with Gasteiger partial charge in [0, 0.05) is 49.8 Å². The van der Waals surface area contributed by atoms with Crippen LogP contribution in [0.15, 0.2) is 24.4 Å². The lowest BCUT2D eigenvalue weighted by molar-refractivity contribution is -0.137. The molecule has 44 heavy (non-hydrogen) atoms. The van der Waals surface area contributed by atoms with E-state index in [4.69, 9.17) is 10.5 Å². The van der Waals surface area contributed by atoms with Crippen LogP contribution in [0.2, 0.25) is 0 Å². The highest BCUT2D eigenvalue weighted by atomic mass is 19.4. The third kappa shape index (κ3) is 6.10. The van der Waals surface area contributed by atoms with Crippen molar-refractivity contribution in [3.8, 4) is 17.3 Å². The number of nitrogens with zero attached hydrogens (tertiary/aromatic N) is 6. The summed E-state index contributed by atoms with van der Waals surface area (Å²) in [6.45, 7) is 4.34. The first kappa shape index (κ1) is 31.3. The van der Waals surface area contributed by atoms with Gasteiger partial charge in [-0.25, -0.2) is 18.2 Å². The van der Waals surface area contributed by atoms with Crippen LogP contribution in [0.5, 0.6) is 6.01 Å². The van der Waals surface area contributed by atoms with Crippen LogP contribution < -0.4 is 15.4 Å². The first-order valence-electron chi connectivity index (χ1n) is 13.9. The van der Waals surface area contributed by atoms with Crippen molar-refractivity contribution < 1.29 is 35.9 Å². The minimum Gasteiger partial charge on any atom is -0.462 e. The number of allylic oxidation sites excluding steroid dienone is 1. The maximum Gasteiger partial charge on any atom is 0.418 e. The molecule has 1 aromatic carbocycles. The quantitative estimate of drug-likeness (QED) is 0.231. The largest absolute Gasteiger partial charge is 0.462 e. The number of nitrogen functional groups attached to an aromatic ring is 1. The number of anilines is 2. The number of aromatic nitrogens is 3. The molecule has 0 unspecified atom stereocenters. The molecule has 0 amide bonds. The topological polar surface area (TPSA) is 101 Å². The smallest absolute Gasteiger partial charge is 0.418 e. The van der Waals surface area contributed by atoms with Crippen LogP contribution in [-0.4, -0.2) is 89.1 Å². The van der Waals surface area contributed by atoms with Gasteiger partial charge in [0.15, 0.2) is 5.82 Å². The van der Waals surface area contributed by atoms with Crippen molar-refractivity contribution in [2.24, 2.45) is 0 Å². The average molecular weight is 624 g/mol. The highest BCUT2D eigenvalue weighted by molar-refractivity contribution is 5.94. The van der Waals surface area contributed by atoms with Crippen LogP contribution in [0.4, 0.5) is 38.0 Å². The second-order valence-corrected chi connectivity index (χ2v) is 11.1. The molecule has 3 atom stereocenters. The van der Waals surface area contributed by atoms with Crippen LogP contribution in [-0.2, 0) is 11.0 Å². The van der Waals surface area contributed by atoms with Gasteiger partial charge in [-0.1, -0.05) is 0 Å². The van der Waals surface area contributed by atoms with Crippen LogP contribution in [0, 0.1) is 18.6 Å². The number of carbonyl (C=O) groups excluding carboxylic acids is 1. The molecule has 0 bridgehead atoms. The molecule has 15 heteroatoms. The molecule has 2 saturated heterocycles. The number of halogens is 6. The lowest BCUT2D eigenvalue weighted by Gasteiger charge is -2.40. The first-order chi connectivity index (χ1) is 20.8. The number of likely N-dealkylation sites (tertiary alicyclic amines) is 1. The molecule has 0 spiro atoms. The van der Waals surface area contributed by atoms with Crippen molar-refractivity contribution in [2.45, 2.75) is 44.7 Å². The minimum absolute atomic E-state index is 0.0362. The maximum absolute atomic E-state index is 16.4. The van der Waals surface area contributed by atoms with E-state index in [1.165, 1.54) is 6.08 Å². The van der Waals surface area contributed by atoms with Crippen molar-refractivity contribution in [1.29, 1.82) is 0 Å². The number of pyridine rings is 1. The highest BCUT2D eigenvalue weighted by Crippen LogP contribution is 2.43. The number of carbonyl (C=O) groups is 1. The fourth-order valence-electron chi connectivity index (χ4n) is 5.87. The maximum atomic E-state index is 16.4. The SMILES string of the molecule is Cc1cc(N)nc(-c2c(F)cc3c(N4CCN(C=CC=O)C[C@@H]4C)nc(OC[C@@H]4C[C@@H](F)CN4C)nc3c2F)c1C(F)(F)F. The number of likely N-dealkylation sites (N-methyl/N-ethyl adjacent to an activating group) is 1. The molecule has 2 aliphatic heterocycles. The van der Waals surface area contributed by atoms with Gasteiger partial charge in [-0.3, -0.25) is 9.69 Å². The van der Waals surface area contributed by atoms with Crippen molar-refractivity contribution >= 4 is 28.8 Å². The lowest BCUT2D eigenvalue weighted by Crippen LogP contribution is -2.50. The second kappa shape index (κ2) is 12.1. The molecule has 9 nitrogen and oxygen atoms in total. The van der Waals surface area contributed by atoms with E-state index < -0.39 is 46.3 Å². The van der Waals surface area contributed by atoms with Crippen LogP contribution in [0.1, 0.15) is 24.5 Å². The van der Waals surface area contributed by atoms with Crippen LogP contribution in [0.25, 0.3) is 22.2 Å². The van der Waals surface area contributed by atoms with E-state index in [2.05, 4.69) is 15.0 Å².